The van der Waals surface area contributed by atoms with E-state index in [1.807, 2.05) is 65.6 Å². The Morgan fingerprint density at radius 3 is 2.31 bits per heavy atom. The molecular formula is C31H29N3O2. The molecule has 1 aliphatic heterocycles. The van der Waals surface area contributed by atoms with Crippen LogP contribution >= 0.6 is 0 Å². The first-order valence-electron chi connectivity index (χ1n) is 12.7. The third kappa shape index (κ3) is 4.22. The maximum absolute atomic E-state index is 13.6. The molecule has 0 spiro atoms. The lowest BCUT2D eigenvalue weighted by atomic mass is 9.81. The van der Waals surface area contributed by atoms with Gasteiger partial charge in [-0.15, -0.1) is 0 Å². The van der Waals surface area contributed by atoms with E-state index >= 15 is 0 Å². The first-order chi connectivity index (χ1) is 17.7. The predicted molar refractivity (Wildman–Crippen MR) is 143 cm³/mol. The van der Waals surface area contributed by atoms with Gasteiger partial charge < -0.3 is 15.2 Å². The average molecular weight is 476 g/mol. The van der Waals surface area contributed by atoms with Gasteiger partial charge in [-0.25, -0.2) is 0 Å². The van der Waals surface area contributed by atoms with Gasteiger partial charge in [-0.05, 0) is 54.2 Å². The van der Waals surface area contributed by atoms with E-state index in [-0.39, 0.29) is 23.7 Å². The number of allylic oxidation sites excluding steroid dienone is 2. The molecule has 1 aliphatic carbocycles. The molecule has 5 heteroatoms. The summed E-state index contributed by atoms with van der Waals surface area (Å²) in [6.45, 7) is 1.25. The molecule has 2 atom stereocenters. The molecule has 0 saturated heterocycles. The number of carbonyl (C=O) groups excluding carboxylic acids is 2. The van der Waals surface area contributed by atoms with Crippen LogP contribution in [0.5, 0.6) is 0 Å². The fourth-order valence-electron chi connectivity index (χ4n) is 5.60. The van der Waals surface area contributed by atoms with Gasteiger partial charge in [0.05, 0.1) is 18.4 Å². The lowest BCUT2D eigenvalue weighted by molar-refractivity contribution is -0.141. The molecule has 180 valence electrons. The normalized spacial score (nSPS) is 19.2. The summed E-state index contributed by atoms with van der Waals surface area (Å²) in [4.78, 5) is 32.4. The third-order valence-corrected chi connectivity index (χ3v) is 7.54. The van der Waals surface area contributed by atoms with Gasteiger partial charge in [0, 0.05) is 28.8 Å². The molecule has 2 heterocycles. The minimum Gasteiger partial charge on any atom is -0.357 e. The molecule has 5 nitrogen and oxygen atoms in total. The van der Waals surface area contributed by atoms with Crippen LogP contribution in [0.4, 0.5) is 5.69 Å². The number of hydrogen-bond donors (Lipinski definition) is 2. The molecule has 4 aromatic rings. The largest absolute Gasteiger partial charge is 0.357 e. The number of carbonyl (C=O) groups is 2. The molecular weight excluding hydrogens is 446 g/mol. The van der Waals surface area contributed by atoms with Crippen molar-refractivity contribution in [1.82, 2.24) is 9.88 Å². The van der Waals surface area contributed by atoms with Crippen LogP contribution in [0.3, 0.4) is 0 Å². The van der Waals surface area contributed by atoms with E-state index in [0.29, 0.717) is 25.9 Å². The Hall–Kier alpha value is -4.12. The zero-order valence-corrected chi connectivity index (χ0v) is 20.1. The smallest absolute Gasteiger partial charge is 0.228 e. The number of fused-ring (bicyclic) bond motifs is 3. The van der Waals surface area contributed by atoms with E-state index in [9.17, 15) is 9.59 Å². The molecule has 2 amide bonds. The number of rotatable bonds is 4. The van der Waals surface area contributed by atoms with Gasteiger partial charge in [-0.2, -0.15) is 0 Å². The topological polar surface area (TPSA) is 65.2 Å². The Bertz CT molecular complexity index is 1440. The number of benzene rings is 3. The number of anilines is 1. The van der Waals surface area contributed by atoms with Gasteiger partial charge in [0.1, 0.15) is 0 Å². The zero-order valence-electron chi connectivity index (χ0n) is 20.1. The van der Waals surface area contributed by atoms with Crippen molar-refractivity contribution in [1.29, 1.82) is 0 Å². The predicted octanol–water partition coefficient (Wildman–Crippen LogP) is 5.94. The number of nitrogens with one attached hydrogen (secondary N) is 2. The number of amides is 2. The second-order valence-electron chi connectivity index (χ2n) is 9.73. The molecule has 0 bridgehead atoms. The fourth-order valence-corrected chi connectivity index (χ4v) is 5.60. The van der Waals surface area contributed by atoms with Crippen LogP contribution < -0.4 is 5.32 Å². The van der Waals surface area contributed by atoms with Crippen LogP contribution in [0.15, 0.2) is 91.0 Å². The minimum absolute atomic E-state index is 0.0724. The maximum atomic E-state index is 13.6. The standard InChI is InChI=1S/C31H29N3O2/c35-30(32-23-16-14-22(15-17-23)21-8-2-1-3-9-21)26-11-4-5-12-27(26)31(36)34-19-18-25-24-10-6-7-13-28(24)33-29(25)20-34/h1-10,13-17,26-27,33H,11-12,18-20H2,(H,32,35). The number of nitrogens with zero attached hydrogens (tertiary/aromatic N) is 1. The van der Waals surface area contributed by atoms with E-state index in [4.69, 9.17) is 0 Å². The lowest BCUT2D eigenvalue weighted by Crippen LogP contribution is -2.45. The Kier molecular flexibility index (Phi) is 5.90. The third-order valence-electron chi connectivity index (χ3n) is 7.54. The molecule has 0 saturated carbocycles. The second-order valence-corrected chi connectivity index (χ2v) is 9.73. The van der Waals surface area contributed by atoms with Crippen molar-refractivity contribution in [3.63, 3.8) is 0 Å². The highest BCUT2D eigenvalue weighted by atomic mass is 16.2. The number of hydrogen-bond acceptors (Lipinski definition) is 2. The molecule has 6 rings (SSSR count). The van der Waals surface area contributed by atoms with Gasteiger partial charge in [0.2, 0.25) is 11.8 Å². The molecule has 0 fully saturated rings. The summed E-state index contributed by atoms with van der Waals surface area (Å²) in [5, 5.41) is 4.31. The van der Waals surface area contributed by atoms with E-state index in [0.717, 1.165) is 34.4 Å². The van der Waals surface area contributed by atoms with Gasteiger partial charge >= 0.3 is 0 Å². The van der Waals surface area contributed by atoms with Crippen LogP contribution in [-0.4, -0.2) is 28.2 Å². The summed E-state index contributed by atoms with van der Waals surface area (Å²) in [7, 11) is 0. The highest BCUT2D eigenvalue weighted by molar-refractivity contribution is 5.97. The Morgan fingerprint density at radius 1 is 0.806 bits per heavy atom. The Balaban J connectivity index is 1.16. The maximum Gasteiger partial charge on any atom is 0.228 e. The van der Waals surface area contributed by atoms with Crippen molar-refractivity contribution >= 4 is 28.4 Å². The molecule has 2 aliphatic rings. The number of aromatic nitrogens is 1. The number of aromatic amines is 1. The molecule has 1 aromatic heterocycles. The molecule has 36 heavy (non-hydrogen) atoms. The first-order valence-corrected chi connectivity index (χ1v) is 12.7. The van der Waals surface area contributed by atoms with Gasteiger partial charge in [0.25, 0.3) is 0 Å². The summed E-state index contributed by atoms with van der Waals surface area (Å²) in [5.74, 6) is -0.735. The number of H-pyrrole nitrogens is 1. The molecule has 2 N–H and O–H groups in total. The quantitative estimate of drug-likeness (QED) is 0.359. The molecule has 3 aromatic carbocycles. The Labute approximate surface area is 210 Å². The van der Waals surface area contributed by atoms with E-state index in [1.54, 1.807) is 0 Å². The van der Waals surface area contributed by atoms with Crippen LogP contribution in [0.1, 0.15) is 24.1 Å². The van der Waals surface area contributed by atoms with E-state index in [2.05, 4.69) is 40.6 Å². The van der Waals surface area contributed by atoms with Gasteiger partial charge in [-0.3, -0.25) is 9.59 Å². The summed E-state index contributed by atoms with van der Waals surface area (Å²) in [6.07, 6.45) is 6.08. The van der Waals surface area contributed by atoms with Crippen LogP contribution in [-0.2, 0) is 22.6 Å². The van der Waals surface area contributed by atoms with Crippen molar-refractivity contribution in [2.75, 3.05) is 11.9 Å². The SMILES string of the molecule is O=C(Nc1ccc(-c2ccccc2)cc1)C1CC=CCC1C(=O)N1CCc2c([nH]c3ccccc23)C1. The Morgan fingerprint density at radius 2 is 1.50 bits per heavy atom. The van der Waals surface area contributed by atoms with Gasteiger partial charge in [-0.1, -0.05) is 72.8 Å². The van der Waals surface area contributed by atoms with Crippen molar-refractivity contribution in [3.05, 3.63) is 102 Å². The monoisotopic (exact) mass is 475 g/mol. The highest BCUT2D eigenvalue weighted by Crippen LogP contribution is 2.33. The first kappa shape index (κ1) is 22.4. The van der Waals surface area contributed by atoms with E-state index in [1.165, 1.54) is 10.9 Å². The molecule has 0 radical (unpaired) electrons. The summed E-state index contributed by atoms with van der Waals surface area (Å²) in [6, 6.07) is 26.3. The van der Waals surface area contributed by atoms with Crippen molar-refractivity contribution < 1.29 is 9.59 Å². The lowest BCUT2D eigenvalue weighted by Gasteiger charge is -2.34. The van der Waals surface area contributed by atoms with Crippen molar-refractivity contribution in [2.24, 2.45) is 11.8 Å². The van der Waals surface area contributed by atoms with Crippen LogP contribution in [0, 0.1) is 11.8 Å². The minimum atomic E-state index is -0.375. The second kappa shape index (κ2) is 9.50. The summed E-state index contributed by atoms with van der Waals surface area (Å²) >= 11 is 0. The summed E-state index contributed by atoms with van der Waals surface area (Å²) in [5.41, 5.74) is 6.53. The van der Waals surface area contributed by atoms with Crippen LogP contribution in [0.25, 0.3) is 22.0 Å². The van der Waals surface area contributed by atoms with Crippen molar-refractivity contribution in [2.45, 2.75) is 25.8 Å². The van der Waals surface area contributed by atoms with Crippen molar-refractivity contribution in [3.8, 4) is 11.1 Å². The fraction of sp³-hybridized carbons (Fsp3) is 0.226. The van der Waals surface area contributed by atoms with E-state index < -0.39 is 0 Å². The highest BCUT2D eigenvalue weighted by Gasteiger charge is 2.37. The average Bonchev–Trinajstić information content (AvgIpc) is 3.31. The zero-order chi connectivity index (χ0) is 24.5. The summed E-state index contributed by atoms with van der Waals surface area (Å²) < 4.78 is 0. The van der Waals surface area contributed by atoms with Gasteiger partial charge in [0.15, 0.2) is 0 Å². The van der Waals surface area contributed by atoms with Crippen LogP contribution in [0.2, 0.25) is 0 Å². The number of para-hydroxylation sites is 1. The molecule has 2 unspecified atom stereocenters.